The lowest BCUT2D eigenvalue weighted by Gasteiger charge is -2.07. The minimum Gasteiger partial charge on any atom is -0.493 e. The molecular formula is C21H16BrN3O3. The lowest BCUT2D eigenvalue weighted by atomic mass is 10.1. The van der Waals surface area contributed by atoms with Gasteiger partial charge in [-0.3, -0.25) is 4.79 Å². The van der Waals surface area contributed by atoms with Crippen LogP contribution >= 0.6 is 15.9 Å². The molecule has 4 aromatic rings. The summed E-state index contributed by atoms with van der Waals surface area (Å²) in [7, 11) is 1.72. The van der Waals surface area contributed by atoms with Gasteiger partial charge in [0.2, 0.25) is 5.88 Å². The molecule has 0 bridgehead atoms. The van der Waals surface area contributed by atoms with Crippen LogP contribution < -0.4 is 4.74 Å². The fraction of sp³-hybridized carbons (Fsp3) is 0.0952. The molecule has 1 N–H and O–H groups in total. The molecule has 1 aromatic heterocycles. The van der Waals surface area contributed by atoms with Gasteiger partial charge in [-0.15, -0.1) is 10.2 Å². The van der Waals surface area contributed by atoms with Crippen molar-refractivity contribution in [3.8, 4) is 11.6 Å². The van der Waals surface area contributed by atoms with Gasteiger partial charge in [-0.05, 0) is 29.7 Å². The fourth-order valence-electron chi connectivity index (χ4n) is 3.08. The number of benzene rings is 3. The van der Waals surface area contributed by atoms with E-state index in [-0.39, 0.29) is 18.2 Å². The second kappa shape index (κ2) is 7.44. The molecule has 1 heterocycles. The van der Waals surface area contributed by atoms with Crippen LogP contribution in [0.2, 0.25) is 0 Å². The Kier molecular flexibility index (Phi) is 4.83. The average molecular weight is 438 g/mol. The number of hydrogen-bond acceptors (Lipinski definition) is 4. The molecule has 0 aliphatic carbocycles. The average Bonchev–Trinajstić information content (AvgIpc) is 2.94. The number of nitrogens with zero attached hydrogens (tertiary/aromatic N) is 3. The Hall–Kier alpha value is -3.19. The molecule has 0 atom stereocenters. The van der Waals surface area contributed by atoms with Crippen LogP contribution in [0.1, 0.15) is 0 Å². The largest absolute Gasteiger partial charge is 0.493 e. The van der Waals surface area contributed by atoms with Gasteiger partial charge in [0.15, 0.2) is 12.3 Å². The molecule has 140 valence electrons. The smallest absolute Gasteiger partial charge is 0.302 e. The third kappa shape index (κ3) is 3.36. The van der Waals surface area contributed by atoms with Crippen molar-refractivity contribution in [2.24, 2.45) is 17.3 Å². The highest BCUT2D eigenvalue weighted by atomic mass is 79.9. The highest BCUT2D eigenvalue weighted by molar-refractivity contribution is 9.10. The van der Waals surface area contributed by atoms with E-state index >= 15 is 0 Å². The van der Waals surface area contributed by atoms with Crippen molar-refractivity contribution in [3.63, 3.8) is 0 Å². The summed E-state index contributed by atoms with van der Waals surface area (Å²) in [6, 6.07) is 19.0. The lowest BCUT2D eigenvalue weighted by molar-refractivity contribution is -0.120. The number of aromatic nitrogens is 1. The molecule has 7 heteroatoms. The normalized spacial score (nSPS) is 11.5. The molecule has 28 heavy (non-hydrogen) atoms. The summed E-state index contributed by atoms with van der Waals surface area (Å²) in [5.41, 5.74) is 1.03. The van der Waals surface area contributed by atoms with Gasteiger partial charge >= 0.3 is 5.91 Å². The quantitative estimate of drug-likeness (QED) is 0.428. The van der Waals surface area contributed by atoms with Crippen molar-refractivity contribution in [2.75, 3.05) is 6.61 Å². The Bertz CT molecular complexity index is 1230. The number of carbonyl (C=O) groups is 1. The molecule has 0 aliphatic rings. The molecular weight excluding hydrogens is 422 g/mol. The van der Waals surface area contributed by atoms with Crippen LogP contribution in [0.4, 0.5) is 5.69 Å². The van der Waals surface area contributed by atoms with Crippen molar-refractivity contribution >= 4 is 49.2 Å². The summed E-state index contributed by atoms with van der Waals surface area (Å²) in [5.74, 6) is 0.0116. The van der Waals surface area contributed by atoms with Gasteiger partial charge in [-0.25, -0.2) is 0 Å². The van der Waals surface area contributed by atoms with E-state index in [1.165, 1.54) is 0 Å². The van der Waals surface area contributed by atoms with E-state index in [9.17, 15) is 9.90 Å². The summed E-state index contributed by atoms with van der Waals surface area (Å²) in [4.78, 5) is 12.2. The Morgan fingerprint density at radius 2 is 1.89 bits per heavy atom. The second-order valence-corrected chi connectivity index (χ2v) is 7.17. The maximum atomic E-state index is 12.2. The minimum atomic E-state index is -0.542. The molecule has 0 saturated heterocycles. The zero-order valence-electron chi connectivity index (χ0n) is 15.0. The van der Waals surface area contributed by atoms with E-state index in [1.54, 1.807) is 17.7 Å². The number of carbonyl (C=O) groups excluding carboxylic acids is 1. The number of aromatic hydroxyl groups is 1. The summed E-state index contributed by atoms with van der Waals surface area (Å²) < 4.78 is 8.06. The van der Waals surface area contributed by atoms with Gasteiger partial charge in [-0.1, -0.05) is 52.3 Å². The molecule has 0 spiro atoms. The second-order valence-electron chi connectivity index (χ2n) is 6.25. The number of amides is 1. The van der Waals surface area contributed by atoms with Gasteiger partial charge in [0.25, 0.3) is 0 Å². The van der Waals surface area contributed by atoms with Gasteiger partial charge in [-0.2, -0.15) is 0 Å². The molecule has 3 aromatic carbocycles. The first-order valence-corrected chi connectivity index (χ1v) is 9.36. The highest BCUT2D eigenvalue weighted by Crippen LogP contribution is 2.39. The van der Waals surface area contributed by atoms with E-state index in [1.807, 2.05) is 54.6 Å². The maximum absolute atomic E-state index is 12.2. The highest BCUT2D eigenvalue weighted by Gasteiger charge is 2.15. The van der Waals surface area contributed by atoms with E-state index in [0.29, 0.717) is 11.1 Å². The molecule has 6 nitrogen and oxygen atoms in total. The SMILES string of the molecule is Cn1c(O)c(N=NC(=O)COc2cccc3ccccc23)c2cc(Br)ccc21. The predicted octanol–water partition coefficient (Wildman–Crippen LogP) is 5.49. The van der Waals surface area contributed by atoms with Gasteiger partial charge in [0.1, 0.15) is 5.75 Å². The van der Waals surface area contributed by atoms with Crippen LogP contribution in [-0.2, 0) is 11.8 Å². The first-order chi connectivity index (χ1) is 13.5. The number of rotatable bonds is 4. The summed E-state index contributed by atoms with van der Waals surface area (Å²) >= 11 is 3.40. The van der Waals surface area contributed by atoms with Crippen molar-refractivity contribution < 1.29 is 14.6 Å². The number of halogens is 1. The van der Waals surface area contributed by atoms with Crippen LogP contribution in [0.15, 0.2) is 75.4 Å². The van der Waals surface area contributed by atoms with E-state index in [4.69, 9.17) is 4.74 Å². The minimum absolute atomic E-state index is 0.0559. The Morgan fingerprint density at radius 1 is 1.11 bits per heavy atom. The molecule has 0 unspecified atom stereocenters. The van der Waals surface area contributed by atoms with Gasteiger partial charge in [0, 0.05) is 22.3 Å². The fourth-order valence-corrected chi connectivity index (χ4v) is 3.44. The Balaban J connectivity index is 1.54. The van der Waals surface area contributed by atoms with Crippen molar-refractivity contribution in [2.45, 2.75) is 0 Å². The van der Waals surface area contributed by atoms with Crippen molar-refractivity contribution in [1.29, 1.82) is 0 Å². The number of ether oxygens (including phenoxy) is 1. The van der Waals surface area contributed by atoms with E-state index < -0.39 is 5.91 Å². The van der Waals surface area contributed by atoms with Crippen LogP contribution in [-0.4, -0.2) is 22.2 Å². The van der Waals surface area contributed by atoms with E-state index in [0.717, 1.165) is 20.8 Å². The molecule has 0 fully saturated rings. The van der Waals surface area contributed by atoms with Crippen LogP contribution in [0.3, 0.4) is 0 Å². The molecule has 4 rings (SSSR count). The number of aryl methyl sites for hydroxylation is 1. The standard InChI is InChI=1S/C21H16BrN3O3/c1-25-17-10-9-14(22)11-16(17)20(21(25)27)24-23-19(26)12-28-18-8-4-6-13-5-2-3-7-15(13)18/h2-11,27H,12H2,1H3. The number of hydrogen-bond donors (Lipinski definition) is 1. The van der Waals surface area contributed by atoms with Crippen LogP contribution in [0, 0.1) is 0 Å². The molecule has 1 amide bonds. The first kappa shape index (κ1) is 18.2. The zero-order valence-corrected chi connectivity index (χ0v) is 16.5. The monoisotopic (exact) mass is 437 g/mol. The topological polar surface area (TPSA) is 76.2 Å². The Morgan fingerprint density at radius 3 is 2.75 bits per heavy atom. The molecule has 0 radical (unpaired) electrons. The molecule has 0 saturated carbocycles. The lowest BCUT2D eigenvalue weighted by Crippen LogP contribution is -2.08. The molecule has 0 aliphatic heterocycles. The van der Waals surface area contributed by atoms with E-state index in [2.05, 4.69) is 26.2 Å². The first-order valence-electron chi connectivity index (χ1n) is 8.56. The zero-order chi connectivity index (χ0) is 19.7. The maximum Gasteiger partial charge on any atom is 0.302 e. The summed E-state index contributed by atoms with van der Waals surface area (Å²) in [6.07, 6.45) is 0. The van der Waals surface area contributed by atoms with Crippen molar-refractivity contribution in [3.05, 3.63) is 65.1 Å². The summed E-state index contributed by atoms with van der Waals surface area (Å²) in [6.45, 7) is -0.243. The number of fused-ring (bicyclic) bond motifs is 2. The van der Waals surface area contributed by atoms with Crippen LogP contribution in [0.5, 0.6) is 11.6 Å². The van der Waals surface area contributed by atoms with Crippen LogP contribution in [0.25, 0.3) is 21.7 Å². The predicted molar refractivity (Wildman–Crippen MR) is 111 cm³/mol. The summed E-state index contributed by atoms with van der Waals surface area (Å²) in [5, 5.41) is 20.6. The van der Waals surface area contributed by atoms with Gasteiger partial charge in [0.05, 0.1) is 5.52 Å². The third-order valence-corrected chi connectivity index (χ3v) is 4.96. The van der Waals surface area contributed by atoms with Gasteiger partial charge < -0.3 is 14.4 Å². The van der Waals surface area contributed by atoms with Crippen molar-refractivity contribution in [1.82, 2.24) is 4.57 Å². The Labute approximate surface area is 169 Å². The number of azo groups is 1. The third-order valence-electron chi connectivity index (χ3n) is 4.47.